The number of hydrogen-bond acceptors (Lipinski definition) is 5. The highest BCUT2D eigenvalue weighted by molar-refractivity contribution is 7.80. The Morgan fingerprint density at radius 3 is 2.36 bits per heavy atom. The van der Waals surface area contributed by atoms with E-state index in [-0.39, 0.29) is 5.78 Å². The van der Waals surface area contributed by atoms with Gasteiger partial charge >= 0.3 is 0 Å². The van der Waals surface area contributed by atoms with Crippen LogP contribution < -0.4 is 14.2 Å². The minimum atomic E-state index is 0.246. The first kappa shape index (κ1) is 17.7. The molecular formula is C19H23NO4S. The second-order valence-electron chi connectivity index (χ2n) is 6.47. The van der Waals surface area contributed by atoms with Crippen LogP contribution in [0, 0.1) is 0 Å². The van der Waals surface area contributed by atoms with E-state index in [2.05, 4.69) is 0 Å². The molecule has 0 aliphatic heterocycles. The Kier molecular flexibility index (Phi) is 4.99. The van der Waals surface area contributed by atoms with E-state index in [1.165, 1.54) is 0 Å². The molecule has 0 unspecified atom stereocenters. The lowest BCUT2D eigenvalue weighted by atomic mass is 9.95. The molecule has 0 saturated carbocycles. The van der Waals surface area contributed by atoms with Crippen molar-refractivity contribution in [3.63, 3.8) is 0 Å². The number of nitrogens with zero attached hydrogens (tertiary/aromatic N) is 1. The molecule has 5 nitrogen and oxygen atoms in total. The molecule has 0 aromatic heterocycles. The molecule has 3 rings (SSSR count). The van der Waals surface area contributed by atoms with Gasteiger partial charge in [-0.25, -0.2) is 0 Å². The third-order valence-corrected chi connectivity index (χ3v) is 5.18. The zero-order valence-electron chi connectivity index (χ0n) is 15.1. The van der Waals surface area contributed by atoms with Gasteiger partial charge in [0.15, 0.2) is 17.3 Å². The van der Waals surface area contributed by atoms with E-state index in [4.69, 9.17) is 26.4 Å². The topological polar surface area (TPSA) is 48.0 Å². The number of carbonyl (C=O) groups excluding carboxylic acids is 1. The predicted molar refractivity (Wildman–Crippen MR) is 101 cm³/mol. The van der Waals surface area contributed by atoms with Crippen LogP contribution in [0.25, 0.3) is 5.57 Å². The van der Waals surface area contributed by atoms with Gasteiger partial charge in [0.25, 0.3) is 5.17 Å². The van der Waals surface area contributed by atoms with E-state index >= 15 is 0 Å². The average molecular weight is 361 g/mol. The van der Waals surface area contributed by atoms with E-state index in [0.717, 1.165) is 41.5 Å². The summed E-state index contributed by atoms with van der Waals surface area (Å²) >= 11 is 5.27. The molecule has 1 aromatic rings. The smallest absolute Gasteiger partial charge is 0.264 e. The van der Waals surface area contributed by atoms with Crippen LogP contribution in [-0.2, 0) is 11.2 Å². The third kappa shape index (κ3) is 3.11. The van der Waals surface area contributed by atoms with Gasteiger partial charge < -0.3 is 19.1 Å². The first-order chi connectivity index (χ1) is 12.0. The van der Waals surface area contributed by atoms with Crippen molar-refractivity contribution in [2.45, 2.75) is 32.1 Å². The Morgan fingerprint density at radius 1 is 1.04 bits per heavy atom. The summed E-state index contributed by atoms with van der Waals surface area (Å²) in [6.45, 7) is 0. The predicted octanol–water partition coefficient (Wildman–Crippen LogP) is 3.38. The number of aryl methyl sites for hydroxylation is 1. The number of allylic oxidation sites excluding steroid dienone is 2. The Hall–Kier alpha value is -2.08. The Labute approximate surface area is 153 Å². The maximum Gasteiger partial charge on any atom is 0.264 e. The van der Waals surface area contributed by atoms with Crippen molar-refractivity contribution in [2.24, 2.45) is 0 Å². The van der Waals surface area contributed by atoms with Gasteiger partial charge in [-0.05, 0) is 60.7 Å². The maximum absolute atomic E-state index is 12.5. The fourth-order valence-electron chi connectivity index (χ4n) is 3.57. The first-order valence-corrected chi connectivity index (χ1v) is 8.81. The molecule has 2 aliphatic rings. The molecule has 0 amide bonds. The minimum absolute atomic E-state index is 0.246. The van der Waals surface area contributed by atoms with Gasteiger partial charge in [-0.2, -0.15) is 0 Å². The van der Waals surface area contributed by atoms with Crippen molar-refractivity contribution in [3.8, 4) is 17.2 Å². The zero-order valence-corrected chi connectivity index (χ0v) is 15.9. The van der Waals surface area contributed by atoms with Gasteiger partial charge in [-0.15, -0.1) is 0 Å². The van der Waals surface area contributed by atoms with Gasteiger partial charge in [-0.3, -0.25) is 4.79 Å². The summed E-state index contributed by atoms with van der Waals surface area (Å²) < 4.78 is 17.1. The van der Waals surface area contributed by atoms with E-state index in [1.54, 1.807) is 19.1 Å². The Morgan fingerprint density at radius 2 is 1.72 bits per heavy atom. The number of rotatable bonds is 3. The number of hydrogen-bond donors (Lipinski definition) is 0. The normalized spacial score (nSPS) is 16.1. The number of Topliss-reactive ketones (excluding diaryl/α,β-unsaturated/α-hetero) is 1. The van der Waals surface area contributed by atoms with Crippen LogP contribution in [0.3, 0.4) is 0 Å². The minimum Gasteiger partial charge on any atom is -0.492 e. The van der Waals surface area contributed by atoms with Crippen LogP contribution in [-0.4, -0.2) is 44.2 Å². The van der Waals surface area contributed by atoms with Gasteiger partial charge in [0.2, 0.25) is 5.75 Å². The number of methoxy groups -OCH3 is 2. The fourth-order valence-corrected chi connectivity index (χ4v) is 3.66. The van der Waals surface area contributed by atoms with E-state index in [0.29, 0.717) is 35.3 Å². The molecule has 134 valence electrons. The van der Waals surface area contributed by atoms with Crippen molar-refractivity contribution >= 4 is 28.7 Å². The third-order valence-electron chi connectivity index (χ3n) is 4.73. The largest absolute Gasteiger partial charge is 0.492 e. The summed E-state index contributed by atoms with van der Waals surface area (Å²) in [4.78, 5) is 14.2. The second kappa shape index (κ2) is 7.04. The summed E-state index contributed by atoms with van der Waals surface area (Å²) in [5.41, 5.74) is 4.11. The lowest BCUT2D eigenvalue weighted by Gasteiger charge is -2.22. The van der Waals surface area contributed by atoms with Gasteiger partial charge in [-0.1, -0.05) is 0 Å². The molecule has 25 heavy (non-hydrogen) atoms. The monoisotopic (exact) mass is 361 g/mol. The highest BCUT2D eigenvalue weighted by atomic mass is 32.1. The second-order valence-corrected chi connectivity index (χ2v) is 6.82. The van der Waals surface area contributed by atoms with Gasteiger partial charge in [0.1, 0.15) is 0 Å². The summed E-state index contributed by atoms with van der Waals surface area (Å²) in [5, 5.41) is 0.339. The first-order valence-electron chi connectivity index (χ1n) is 8.40. The van der Waals surface area contributed by atoms with Crippen molar-refractivity contribution in [1.82, 2.24) is 4.90 Å². The van der Waals surface area contributed by atoms with Gasteiger partial charge in [0, 0.05) is 26.1 Å². The molecule has 0 spiro atoms. The summed E-state index contributed by atoms with van der Waals surface area (Å²) in [6.07, 6.45) is 3.92. The highest BCUT2D eigenvalue weighted by Crippen LogP contribution is 2.50. The van der Waals surface area contributed by atoms with Crippen LogP contribution in [0.15, 0.2) is 11.6 Å². The highest BCUT2D eigenvalue weighted by Gasteiger charge is 2.32. The summed E-state index contributed by atoms with van der Waals surface area (Å²) in [6, 6.07) is 1.94. The van der Waals surface area contributed by atoms with E-state index in [9.17, 15) is 4.79 Å². The standard InChI is InChI=1S/C19H23NO4S/c1-20(2)19(25)24-15-10-11-8-9-14(21)12-6-5-7-13(12)16(11)18(23-4)17(15)22-3/h10H,5-9H2,1-4H3. The molecule has 1 aromatic carbocycles. The number of thiocarbonyl (C=S) groups is 1. The molecule has 0 saturated heterocycles. The molecule has 0 fully saturated rings. The molecule has 0 heterocycles. The van der Waals surface area contributed by atoms with Crippen LogP contribution >= 0.6 is 12.2 Å². The fraction of sp³-hybridized carbons (Fsp3) is 0.474. The van der Waals surface area contributed by atoms with Crippen molar-refractivity contribution in [2.75, 3.05) is 28.3 Å². The number of fused-ring (bicyclic) bond motifs is 2. The van der Waals surface area contributed by atoms with E-state index < -0.39 is 0 Å². The van der Waals surface area contributed by atoms with Crippen LogP contribution in [0.2, 0.25) is 0 Å². The molecule has 0 radical (unpaired) electrons. The molecule has 6 heteroatoms. The van der Waals surface area contributed by atoms with E-state index in [1.807, 2.05) is 20.2 Å². The number of carbonyl (C=O) groups is 1. The number of benzene rings is 1. The summed E-state index contributed by atoms with van der Waals surface area (Å²) in [7, 11) is 6.85. The maximum atomic E-state index is 12.5. The van der Waals surface area contributed by atoms with Crippen LogP contribution in [0.5, 0.6) is 17.2 Å². The lowest BCUT2D eigenvalue weighted by molar-refractivity contribution is -0.115. The molecular weight excluding hydrogens is 338 g/mol. The molecule has 0 N–H and O–H groups in total. The van der Waals surface area contributed by atoms with Gasteiger partial charge in [0.05, 0.1) is 14.2 Å². The zero-order chi connectivity index (χ0) is 18.1. The molecule has 0 bridgehead atoms. The Bertz CT molecular complexity index is 767. The number of ether oxygens (including phenoxy) is 3. The average Bonchev–Trinajstić information content (AvgIpc) is 3.03. The lowest BCUT2D eigenvalue weighted by Crippen LogP contribution is -2.25. The quantitative estimate of drug-likeness (QED) is 0.769. The number of ketones is 1. The van der Waals surface area contributed by atoms with Crippen molar-refractivity contribution in [1.29, 1.82) is 0 Å². The Balaban J connectivity index is 2.19. The SMILES string of the molecule is COc1c(OC(=S)N(C)C)cc2c(c1OC)C1=C(CCC1)C(=O)CC2. The van der Waals surface area contributed by atoms with Crippen molar-refractivity contribution < 1.29 is 19.0 Å². The van der Waals surface area contributed by atoms with Crippen molar-refractivity contribution in [3.05, 3.63) is 22.8 Å². The summed E-state index contributed by atoms with van der Waals surface area (Å²) in [5.74, 6) is 1.90. The molecule has 2 aliphatic carbocycles. The molecule has 0 atom stereocenters. The van der Waals surface area contributed by atoms with Crippen LogP contribution in [0.4, 0.5) is 0 Å². The van der Waals surface area contributed by atoms with Crippen LogP contribution in [0.1, 0.15) is 36.8 Å².